The van der Waals surface area contributed by atoms with Gasteiger partial charge in [-0.15, -0.1) is 0 Å². The van der Waals surface area contributed by atoms with Crippen molar-refractivity contribution in [3.63, 3.8) is 0 Å². The first kappa shape index (κ1) is 5.60. The van der Waals surface area contributed by atoms with Crippen molar-refractivity contribution in [2.75, 3.05) is 13.0 Å². The van der Waals surface area contributed by atoms with Gasteiger partial charge in [-0.25, -0.2) is 0 Å². The average Bonchev–Trinajstić information content (AvgIpc) is 1.41. The van der Waals surface area contributed by atoms with Gasteiger partial charge in [0.25, 0.3) is 0 Å². The molecule has 0 heterocycles. The van der Waals surface area contributed by atoms with Crippen LogP contribution in [0.25, 0.3) is 0 Å². The monoisotopic (exact) mass is 112 g/mol. The zero-order valence-corrected chi connectivity index (χ0v) is 4.47. The zero-order valence-electron chi connectivity index (χ0n) is 2.90. The van der Waals surface area contributed by atoms with E-state index < -0.39 is 0 Å². The third kappa shape index (κ3) is 4.60. The number of hydrogen-bond donors (Lipinski definition) is 0. The lowest BCUT2D eigenvalue weighted by atomic mass is 11.5. The van der Waals surface area contributed by atoms with Gasteiger partial charge in [0, 0.05) is 7.11 Å². The molecule has 0 radical (unpaired) electrons. The Morgan fingerprint density at radius 3 is 2.60 bits per heavy atom. The van der Waals surface area contributed by atoms with Crippen LogP contribution >= 0.6 is 21.7 Å². The first-order valence-electron chi connectivity index (χ1n) is 1.14. The second kappa shape index (κ2) is 4.60. The van der Waals surface area contributed by atoms with Crippen LogP contribution in [-0.4, -0.2) is 13.0 Å². The molecule has 1 nitrogen and oxygen atoms in total. The second-order valence-electron chi connectivity index (χ2n) is 0.516. The lowest BCUT2D eigenvalue weighted by Crippen LogP contribution is -1.72. The quantitative estimate of drug-likeness (QED) is 0.501. The molecule has 5 heavy (non-hydrogen) atoms. The van der Waals surface area contributed by atoms with Gasteiger partial charge in [0.2, 0.25) is 0 Å². The Hall–Kier alpha value is 0.600. The SMILES string of the molecule is COCSCl. The van der Waals surface area contributed by atoms with Crippen LogP contribution in [0.1, 0.15) is 0 Å². The molecule has 0 aromatic carbocycles. The molecule has 0 fully saturated rings. The van der Waals surface area contributed by atoms with Gasteiger partial charge in [-0.05, 0) is 21.7 Å². The van der Waals surface area contributed by atoms with Gasteiger partial charge < -0.3 is 4.74 Å². The van der Waals surface area contributed by atoms with E-state index in [1.54, 1.807) is 7.11 Å². The normalized spacial score (nSPS) is 8.40. The summed E-state index contributed by atoms with van der Waals surface area (Å²) in [7, 11) is 7.85. The second-order valence-corrected chi connectivity index (χ2v) is 1.62. The molecule has 3 heteroatoms. The molecule has 0 saturated heterocycles. The summed E-state index contributed by atoms with van der Waals surface area (Å²) < 4.78 is 4.52. The fourth-order valence-corrected chi connectivity index (χ4v) is 0.401. The molecule has 32 valence electrons. The molecule has 0 atom stereocenters. The van der Waals surface area contributed by atoms with Crippen molar-refractivity contribution in [3.05, 3.63) is 0 Å². The van der Waals surface area contributed by atoms with Crippen LogP contribution in [0, 0.1) is 0 Å². The summed E-state index contributed by atoms with van der Waals surface area (Å²) in [6.07, 6.45) is 0. The highest BCUT2D eigenvalue weighted by atomic mass is 35.7. The van der Waals surface area contributed by atoms with Crippen molar-refractivity contribution >= 4 is 21.7 Å². The third-order valence-electron chi connectivity index (χ3n) is 0.162. The fourth-order valence-electron chi connectivity index (χ4n) is 0.0445. The maximum absolute atomic E-state index is 5.09. The summed E-state index contributed by atoms with van der Waals surface area (Å²) in [5.74, 6) is 0.571. The fraction of sp³-hybridized carbons (Fsp3) is 1.00. The van der Waals surface area contributed by atoms with Crippen molar-refractivity contribution in [2.45, 2.75) is 0 Å². The minimum atomic E-state index is 0.571. The van der Waals surface area contributed by atoms with Crippen molar-refractivity contribution in [1.82, 2.24) is 0 Å². The van der Waals surface area contributed by atoms with E-state index in [2.05, 4.69) is 4.74 Å². The van der Waals surface area contributed by atoms with E-state index in [1.807, 2.05) is 0 Å². The molecule has 0 bridgehead atoms. The minimum Gasteiger partial charge on any atom is -0.373 e. The van der Waals surface area contributed by atoms with Gasteiger partial charge in [0.05, 0.1) is 0 Å². The van der Waals surface area contributed by atoms with Gasteiger partial charge in [-0.2, -0.15) is 0 Å². The van der Waals surface area contributed by atoms with E-state index in [0.29, 0.717) is 5.94 Å². The summed E-state index contributed by atoms with van der Waals surface area (Å²) in [5, 5.41) is 0. The summed E-state index contributed by atoms with van der Waals surface area (Å²) in [6.45, 7) is 0. The molecule has 0 rings (SSSR count). The molecule has 0 amide bonds. The first-order chi connectivity index (χ1) is 2.41. The number of halogens is 1. The molecule has 0 aromatic rings. The van der Waals surface area contributed by atoms with Crippen LogP contribution < -0.4 is 0 Å². The van der Waals surface area contributed by atoms with Gasteiger partial charge in [0.1, 0.15) is 5.94 Å². The Morgan fingerprint density at radius 1 is 2.00 bits per heavy atom. The maximum atomic E-state index is 5.09. The Balaban J connectivity index is 2.19. The molecule has 0 unspecified atom stereocenters. The van der Waals surface area contributed by atoms with Gasteiger partial charge in [0.15, 0.2) is 0 Å². The molecular formula is C2H5ClOS. The predicted molar refractivity (Wildman–Crippen MR) is 25.3 cm³/mol. The Bertz CT molecular complexity index is 17.1. The van der Waals surface area contributed by atoms with Gasteiger partial charge in [-0.1, -0.05) is 0 Å². The largest absolute Gasteiger partial charge is 0.373 e. The van der Waals surface area contributed by atoms with E-state index in [1.165, 1.54) is 0 Å². The van der Waals surface area contributed by atoms with E-state index in [4.69, 9.17) is 10.7 Å². The molecule has 0 aromatic heterocycles. The Morgan fingerprint density at radius 2 is 2.60 bits per heavy atom. The highest BCUT2D eigenvalue weighted by Gasteiger charge is 1.68. The molecule has 0 aliphatic rings. The predicted octanol–water partition coefficient (Wildman–Crippen LogP) is 1.48. The van der Waals surface area contributed by atoms with E-state index in [0.717, 1.165) is 11.0 Å². The van der Waals surface area contributed by atoms with Gasteiger partial charge in [-0.3, -0.25) is 0 Å². The Labute approximate surface area is 40.1 Å². The van der Waals surface area contributed by atoms with Crippen LogP contribution in [0.15, 0.2) is 0 Å². The molecule has 0 saturated carbocycles. The highest BCUT2D eigenvalue weighted by molar-refractivity contribution is 8.20. The molecule has 0 N–H and O–H groups in total. The van der Waals surface area contributed by atoms with E-state index in [-0.39, 0.29) is 0 Å². The van der Waals surface area contributed by atoms with Crippen molar-refractivity contribution in [1.29, 1.82) is 0 Å². The number of methoxy groups -OCH3 is 1. The smallest absolute Gasteiger partial charge is 0.107 e. The van der Waals surface area contributed by atoms with Crippen LogP contribution in [0.4, 0.5) is 0 Å². The minimum absolute atomic E-state index is 0.571. The molecule has 0 aliphatic heterocycles. The van der Waals surface area contributed by atoms with Crippen LogP contribution in [0.2, 0.25) is 0 Å². The van der Waals surface area contributed by atoms with Crippen molar-refractivity contribution in [3.8, 4) is 0 Å². The highest BCUT2D eigenvalue weighted by Crippen LogP contribution is 2.02. The molecular weight excluding hydrogens is 108 g/mol. The van der Waals surface area contributed by atoms with Crippen molar-refractivity contribution in [2.24, 2.45) is 0 Å². The topological polar surface area (TPSA) is 9.23 Å². The zero-order chi connectivity index (χ0) is 4.12. The standard InChI is InChI=1S/C2H5ClOS/c1-4-2-5-3/h2H2,1H3. The van der Waals surface area contributed by atoms with E-state index in [9.17, 15) is 0 Å². The summed E-state index contributed by atoms with van der Waals surface area (Å²) in [5.41, 5.74) is 0. The summed E-state index contributed by atoms with van der Waals surface area (Å²) in [4.78, 5) is 0. The Kier molecular flexibility index (Phi) is 5.15. The number of ether oxygens (including phenoxy) is 1. The third-order valence-corrected chi connectivity index (χ3v) is 0.754. The van der Waals surface area contributed by atoms with Crippen LogP contribution in [0.5, 0.6) is 0 Å². The van der Waals surface area contributed by atoms with Gasteiger partial charge >= 0.3 is 0 Å². The summed E-state index contributed by atoms with van der Waals surface area (Å²) in [6, 6.07) is 0. The first-order valence-corrected chi connectivity index (χ1v) is 2.95. The maximum Gasteiger partial charge on any atom is 0.107 e. The number of hydrogen-bond acceptors (Lipinski definition) is 2. The van der Waals surface area contributed by atoms with Crippen LogP contribution in [0.3, 0.4) is 0 Å². The average molecular weight is 113 g/mol. The lowest BCUT2D eigenvalue weighted by molar-refractivity contribution is 0.260. The molecule has 0 aliphatic carbocycles. The summed E-state index contributed by atoms with van der Waals surface area (Å²) >= 11 is 0. The van der Waals surface area contributed by atoms with Crippen molar-refractivity contribution < 1.29 is 4.74 Å². The lowest BCUT2D eigenvalue weighted by Gasteiger charge is -1.82. The van der Waals surface area contributed by atoms with Crippen LogP contribution in [-0.2, 0) is 4.74 Å². The molecule has 0 spiro atoms. The van der Waals surface area contributed by atoms with E-state index >= 15 is 0 Å². The number of rotatable bonds is 2.